The lowest BCUT2D eigenvalue weighted by molar-refractivity contribution is -0.116. The van der Waals surface area contributed by atoms with Crippen LogP contribution in [0.2, 0.25) is 0 Å². The first kappa shape index (κ1) is 20.5. The van der Waals surface area contributed by atoms with E-state index < -0.39 is 5.97 Å². The number of methoxy groups -OCH3 is 1. The average Bonchev–Trinajstić information content (AvgIpc) is 3.28. The van der Waals surface area contributed by atoms with Crippen molar-refractivity contribution >= 4 is 45.5 Å². The number of carbonyl (C=O) groups is 3. The molecule has 1 aliphatic carbocycles. The molecule has 0 radical (unpaired) electrons. The second kappa shape index (κ2) is 9.84. The summed E-state index contributed by atoms with van der Waals surface area (Å²) >= 11 is 2.87. The predicted octanol–water partition coefficient (Wildman–Crippen LogP) is 4.01. The highest BCUT2D eigenvalue weighted by molar-refractivity contribution is 7.17. The average molecular weight is 421 g/mol. The number of carbonyl (C=O) groups excluding carboxylic acids is 3. The summed E-state index contributed by atoms with van der Waals surface area (Å²) < 4.78 is 4.95. The fraction of sp³-hybridized carbons (Fsp3) is 0.450. The molecule has 0 saturated heterocycles. The van der Waals surface area contributed by atoms with Gasteiger partial charge >= 0.3 is 5.97 Å². The van der Waals surface area contributed by atoms with Crippen LogP contribution in [0.3, 0.4) is 0 Å². The Hall–Kier alpha value is -2.19. The van der Waals surface area contributed by atoms with Crippen LogP contribution in [0.1, 0.15) is 62.6 Å². The molecule has 0 saturated carbocycles. The highest BCUT2D eigenvalue weighted by Gasteiger charge is 2.26. The number of nitrogens with one attached hydrogen (secondary N) is 2. The number of hydrogen-bond donors (Lipinski definition) is 2. The third-order valence-corrected chi connectivity index (χ3v) is 6.75. The van der Waals surface area contributed by atoms with Crippen LogP contribution < -0.4 is 10.6 Å². The van der Waals surface area contributed by atoms with Crippen molar-refractivity contribution in [3.63, 3.8) is 0 Å². The highest BCUT2D eigenvalue weighted by atomic mass is 32.1. The third kappa shape index (κ3) is 4.99. The normalized spacial score (nSPS) is 13.3. The van der Waals surface area contributed by atoms with E-state index in [-0.39, 0.29) is 18.2 Å². The smallest absolute Gasteiger partial charge is 0.341 e. The van der Waals surface area contributed by atoms with Crippen molar-refractivity contribution in [3.8, 4) is 0 Å². The zero-order valence-corrected chi connectivity index (χ0v) is 17.5. The quantitative estimate of drug-likeness (QED) is 0.403. The van der Waals surface area contributed by atoms with Gasteiger partial charge in [-0.3, -0.25) is 9.59 Å². The van der Waals surface area contributed by atoms with E-state index in [1.54, 1.807) is 6.07 Å². The molecule has 0 bridgehead atoms. The van der Waals surface area contributed by atoms with Gasteiger partial charge in [0.2, 0.25) is 5.91 Å². The van der Waals surface area contributed by atoms with Crippen molar-refractivity contribution in [3.05, 3.63) is 38.4 Å². The Labute approximate surface area is 172 Å². The Morgan fingerprint density at radius 1 is 1.18 bits per heavy atom. The Morgan fingerprint density at radius 3 is 2.75 bits per heavy atom. The maximum atomic E-state index is 12.4. The van der Waals surface area contributed by atoms with Gasteiger partial charge in [-0.05, 0) is 49.1 Å². The predicted molar refractivity (Wildman–Crippen MR) is 111 cm³/mol. The van der Waals surface area contributed by atoms with Crippen LogP contribution in [-0.2, 0) is 22.4 Å². The summed E-state index contributed by atoms with van der Waals surface area (Å²) in [6, 6.07) is 3.59. The number of esters is 1. The molecule has 2 aromatic heterocycles. The third-order valence-electron chi connectivity index (χ3n) is 4.67. The van der Waals surface area contributed by atoms with Gasteiger partial charge in [0, 0.05) is 17.8 Å². The summed E-state index contributed by atoms with van der Waals surface area (Å²) in [5.74, 6) is -0.671. The molecule has 2 N–H and O–H groups in total. The first-order chi connectivity index (χ1) is 13.6. The first-order valence-corrected chi connectivity index (χ1v) is 11.1. The molecule has 150 valence electrons. The van der Waals surface area contributed by atoms with Gasteiger partial charge in [0.25, 0.3) is 5.91 Å². The SMILES string of the molecule is COC(=O)c1c(NC(=O)CCCNC(=O)c2cccs2)sc2c1CCCCC2. The Morgan fingerprint density at radius 2 is 2.00 bits per heavy atom. The van der Waals surface area contributed by atoms with E-state index in [9.17, 15) is 14.4 Å². The standard InChI is InChI=1S/C20H24N2O4S2/c1-26-20(25)17-13-7-3-2-4-8-14(13)28-19(17)22-16(23)10-5-11-21-18(24)15-9-6-12-27-15/h6,9,12H,2-5,7-8,10-11H2,1H3,(H,21,24)(H,22,23). The van der Waals surface area contributed by atoms with Gasteiger partial charge in [-0.1, -0.05) is 12.5 Å². The number of anilines is 1. The van der Waals surface area contributed by atoms with Crippen molar-refractivity contribution in [2.75, 3.05) is 19.0 Å². The van der Waals surface area contributed by atoms with Crippen LogP contribution in [0.5, 0.6) is 0 Å². The molecule has 1 aliphatic rings. The molecule has 0 aliphatic heterocycles. The number of aryl methyl sites for hydroxylation is 1. The lowest BCUT2D eigenvalue weighted by atomic mass is 10.1. The van der Waals surface area contributed by atoms with E-state index in [1.807, 2.05) is 11.4 Å². The molecule has 6 nitrogen and oxygen atoms in total. The van der Waals surface area contributed by atoms with Crippen molar-refractivity contribution < 1.29 is 19.1 Å². The van der Waals surface area contributed by atoms with Crippen molar-refractivity contribution in [1.82, 2.24) is 5.32 Å². The van der Waals surface area contributed by atoms with Gasteiger partial charge in [0.1, 0.15) is 5.00 Å². The van der Waals surface area contributed by atoms with E-state index in [2.05, 4.69) is 10.6 Å². The van der Waals surface area contributed by atoms with Crippen LogP contribution >= 0.6 is 22.7 Å². The van der Waals surface area contributed by atoms with Crippen LogP contribution in [0.15, 0.2) is 17.5 Å². The molecule has 8 heteroatoms. The lowest BCUT2D eigenvalue weighted by Crippen LogP contribution is -2.24. The number of hydrogen-bond acceptors (Lipinski definition) is 6. The van der Waals surface area contributed by atoms with Gasteiger partial charge in [-0.25, -0.2) is 4.79 Å². The summed E-state index contributed by atoms with van der Waals surface area (Å²) in [7, 11) is 1.37. The molecule has 2 amide bonds. The van der Waals surface area contributed by atoms with Crippen LogP contribution in [0.4, 0.5) is 5.00 Å². The summed E-state index contributed by atoms with van der Waals surface area (Å²) in [5.41, 5.74) is 1.55. The number of fused-ring (bicyclic) bond motifs is 1. The van der Waals surface area contributed by atoms with Crippen molar-refractivity contribution in [2.45, 2.75) is 44.9 Å². The van der Waals surface area contributed by atoms with Crippen molar-refractivity contribution in [1.29, 1.82) is 0 Å². The monoisotopic (exact) mass is 420 g/mol. The Bertz CT molecular complexity index is 843. The maximum absolute atomic E-state index is 12.4. The minimum absolute atomic E-state index is 0.120. The fourth-order valence-electron chi connectivity index (χ4n) is 3.28. The fourth-order valence-corrected chi connectivity index (χ4v) is 5.22. The van der Waals surface area contributed by atoms with Crippen LogP contribution in [0, 0.1) is 0 Å². The molecule has 0 unspecified atom stereocenters. The molecular weight excluding hydrogens is 396 g/mol. The maximum Gasteiger partial charge on any atom is 0.341 e. The second-order valence-corrected chi connectivity index (χ2v) is 8.70. The minimum atomic E-state index is -0.391. The first-order valence-electron chi connectivity index (χ1n) is 9.44. The molecule has 0 atom stereocenters. The molecule has 0 fully saturated rings. The Balaban J connectivity index is 1.56. The van der Waals surface area contributed by atoms with Gasteiger partial charge in [-0.15, -0.1) is 22.7 Å². The van der Waals surface area contributed by atoms with Gasteiger partial charge in [0.15, 0.2) is 0 Å². The number of rotatable bonds is 7. The summed E-state index contributed by atoms with van der Waals surface area (Å²) in [4.78, 5) is 38.4. The lowest BCUT2D eigenvalue weighted by Gasteiger charge is -2.08. The van der Waals surface area contributed by atoms with Gasteiger partial charge < -0.3 is 15.4 Å². The summed E-state index contributed by atoms with van der Waals surface area (Å²) in [5, 5.41) is 8.14. The van der Waals surface area contributed by atoms with E-state index in [4.69, 9.17) is 4.74 Å². The molecule has 28 heavy (non-hydrogen) atoms. The number of thiophene rings is 2. The summed E-state index contributed by atoms with van der Waals surface area (Å²) in [6.45, 7) is 0.426. The highest BCUT2D eigenvalue weighted by Crippen LogP contribution is 2.38. The van der Waals surface area contributed by atoms with E-state index >= 15 is 0 Å². The van der Waals surface area contributed by atoms with Gasteiger partial charge in [-0.2, -0.15) is 0 Å². The second-order valence-electron chi connectivity index (χ2n) is 6.65. The van der Waals surface area contributed by atoms with Gasteiger partial charge in [0.05, 0.1) is 17.6 Å². The number of ether oxygens (including phenoxy) is 1. The zero-order chi connectivity index (χ0) is 19.9. The summed E-state index contributed by atoms with van der Waals surface area (Å²) in [6.07, 6.45) is 5.89. The zero-order valence-electron chi connectivity index (χ0n) is 15.8. The topological polar surface area (TPSA) is 84.5 Å². The molecular formula is C20H24N2O4S2. The largest absolute Gasteiger partial charge is 0.465 e. The van der Waals surface area contributed by atoms with E-state index in [0.717, 1.165) is 37.7 Å². The Kier molecular flexibility index (Phi) is 7.22. The molecule has 0 aromatic carbocycles. The molecule has 0 spiro atoms. The van der Waals surface area contributed by atoms with E-state index in [1.165, 1.54) is 34.7 Å². The molecule has 3 rings (SSSR count). The molecule has 2 heterocycles. The van der Waals surface area contributed by atoms with E-state index in [0.29, 0.717) is 28.4 Å². The van der Waals surface area contributed by atoms with Crippen LogP contribution in [-0.4, -0.2) is 31.4 Å². The minimum Gasteiger partial charge on any atom is -0.465 e. The molecule has 2 aromatic rings. The number of amides is 2. The van der Waals surface area contributed by atoms with Crippen LogP contribution in [0.25, 0.3) is 0 Å². The van der Waals surface area contributed by atoms with Crippen molar-refractivity contribution in [2.24, 2.45) is 0 Å².